The van der Waals surface area contributed by atoms with Crippen molar-refractivity contribution in [2.45, 2.75) is 44.4 Å². The average Bonchev–Trinajstić information content (AvgIpc) is 2.59. The van der Waals surface area contributed by atoms with Crippen LogP contribution in [0.3, 0.4) is 0 Å². The average molecular weight is 295 g/mol. The van der Waals surface area contributed by atoms with Gasteiger partial charge in [0.05, 0.1) is 17.5 Å². The van der Waals surface area contributed by atoms with Crippen LogP contribution >= 0.6 is 0 Å². The molecule has 1 aromatic carbocycles. The number of hydrogen-bond donors (Lipinski definition) is 1. The number of hydrogen-bond acceptors (Lipinski definition) is 4. The summed E-state index contributed by atoms with van der Waals surface area (Å²) in [5.41, 5.74) is 0.769. The molecule has 110 valence electrons. The Morgan fingerprint density at radius 1 is 1.30 bits per heavy atom. The summed E-state index contributed by atoms with van der Waals surface area (Å²) in [6.07, 6.45) is 1.66. The van der Waals surface area contributed by atoms with Gasteiger partial charge in [-0.2, -0.15) is 0 Å². The van der Waals surface area contributed by atoms with Gasteiger partial charge >= 0.3 is 0 Å². The quantitative estimate of drug-likeness (QED) is 0.907. The first-order valence-corrected chi connectivity index (χ1v) is 8.94. The van der Waals surface area contributed by atoms with Gasteiger partial charge in [-0.15, -0.1) is 0 Å². The first kappa shape index (κ1) is 13.9. The van der Waals surface area contributed by atoms with Crippen LogP contribution in [0.2, 0.25) is 0 Å². The second kappa shape index (κ2) is 4.74. The van der Waals surface area contributed by atoms with Crippen molar-refractivity contribution in [2.24, 2.45) is 0 Å². The van der Waals surface area contributed by atoms with Crippen molar-refractivity contribution in [2.75, 3.05) is 11.5 Å². The van der Waals surface area contributed by atoms with Crippen LogP contribution < -0.4 is 10.1 Å². The minimum absolute atomic E-state index is 0.0211. The van der Waals surface area contributed by atoms with E-state index in [1.807, 2.05) is 32.0 Å². The van der Waals surface area contributed by atoms with Gasteiger partial charge < -0.3 is 10.1 Å². The highest BCUT2D eigenvalue weighted by atomic mass is 32.2. The van der Waals surface area contributed by atoms with Crippen molar-refractivity contribution in [3.8, 4) is 5.75 Å². The zero-order chi connectivity index (χ0) is 14.4. The molecule has 0 saturated carbocycles. The van der Waals surface area contributed by atoms with E-state index < -0.39 is 9.84 Å². The van der Waals surface area contributed by atoms with Crippen molar-refractivity contribution < 1.29 is 13.2 Å². The minimum atomic E-state index is -2.89. The van der Waals surface area contributed by atoms with Crippen LogP contribution in [0.1, 0.15) is 38.3 Å². The summed E-state index contributed by atoms with van der Waals surface area (Å²) in [4.78, 5) is 0. The number of rotatable bonds is 2. The predicted molar refractivity (Wildman–Crippen MR) is 78.7 cm³/mol. The second-order valence-corrected chi connectivity index (χ2v) is 8.53. The molecule has 2 unspecified atom stereocenters. The fourth-order valence-electron chi connectivity index (χ4n) is 3.21. The third-order valence-corrected chi connectivity index (χ3v) is 5.98. The van der Waals surface area contributed by atoms with E-state index in [4.69, 9.17) is 4.74 Å². The van der Waals surface area contributed by atoms with Gasteiger partial charge in [0.1, 0.15) is 11.4 Å². The molecule has 4 nitrogen and oxygen atoms in total. The van der Waals surface area contributed by atoms with Crippen LogP contribution in [0, 0.1) is 0 Å². The zero-order valence-electron chi connectivity index (χ0n) is 11.9. The van der Waals surface area contributed by atoms with Gasteiger partial charge in [0.2, 0.25) is 0 Å². The van der Waals surface area contributed by atoms with Gasteiger partial charge in [-0.1, -0.05) is 18.2 Å². The molecule has 0 aromatic heterocycles. The molecule has 0 spiro atoms. The van der Waals surface area contributed by atoms with E-state index >= 15 is 0 Å². The van der Waals surface area contributed by atoms with E-state index in [9.17, 15) is 8.42 Å². The monoisotopic (exact) mass is 295 g/mol. The molecule has 0 aliphatic carbocycles. The van der Waals surface area contributed by atoms with Gasteiger partial charge in [-0.05, 0) is 32.8 Å². The third-order valence-electron chi connectivity index (χ3n) is 4.16. The Labute approximate surface area is 120 Å². The Morgan fingerprint density at radius 3 is 2.80 bits per heavy atom. The highest BCUT2D eigenvalue weighted by Crippen LogP contribution is 2.43. The molecule has 1 aromatic rings. The molecular formula is C15H21NO3S. The lowest BCUT2D eigenvalue weighted by atomic mass is 9.93. The number of para-hydroxylation sites is 1. The van der Waals surface area contributed by atoms with E-state index in [-0.39, 0.29) is 23.4 Å². The topological polar surface area (TPSA) is 55.4 Å². The molecule has 20 heavy (non-hydrogen) atoms. The maximum absolute atomic E-state index is 11.8. The first-order chi connectivity index (χ1) is 9.37. The van der Waals surface area contributed by atoms with Crippen molar-refractivity contribution >= 4 is 9.84 Å². The molecular weight excluding hydrogens is 274 g/mol. The summed E-state index contributed by atoms with van der Waals surface area (Å²) in [5, 5.41) is 3.52. The molecule has 1 saturated heterocycles. The third kappa shape index (κ3) is 2.56. The molecule has 0 amide bonds. The van der Waals surface area contributed by atoms with Crippen molar-refractivity contribution in [1.29, 1.82) is 0 Å². The van der Waals surface area contributed by atoms with Gasteiger partial charge in [0.15, 0.2) is 9.84 Å². The summed E-state index contributed by atoms with van der Waals surface area (Å²) in [5.74, 6) is 1.46. The van der Waals surface area contributed by atoms with Crippen LogP contribution in [-0.2, 0) is 9.84 Å². The summed E-state index contributed by atoms with van der Waals surface area (Å²) < 4.78 is 29.5. The molecule has 0 radical (unpaired) electrons. The molecule has 2 aliphatic heterocycles. The molecule has 2 atom stereocenters. The van der Waals surface area contributed by atoms with Crippen LogP contribution in [0.4, 0.5) is 0 Å². The fraction of sp³-hybridized carbons (Fsp3) is 0.600. The predicted octanol–water partition coefficient (Wildman–Crippen LogP) is 2.07. The van der Waals surface area contributed by atoms with Crippen molar-refractivity contribution in [3.63, 3.8) is 0 Å². The van der Waals surface area contributed by atoms with E-state index in [1.165, 1.54) is 0 Å². The standard InChI is InChI=1S/C15H21NO3S/c1-15(2)14(12-7-3-4-8-13(12)19-15)16-11-6-5-9-20(17,18)10-11/h3-4,7-8,11,14,16H,5-6,9-10H2,1-2H3. The zero-order valence-corrected chi connectivity index (χ0v) is 12.7. The Hall–Kier alpha value is -1.07. The van der Waals surface area contributed by atoms with Crippen molar-refractivity contribution in [3.05, 3.63) is 29.8 Å². The minimum Gasteiger partial charge on any atom is -0.486 e. The molecule has 2 heterocycles. The summed E-state index contributed by atoms with van der Waals surface area (Å²) in [6.45, 7) is 4.09. The van der Waals surface area contributed by atoms with Crippen LogP contribution in [-0.4, -0.2) is 31.6 Å². The first-order valence-electron chi connectivity index (χ1n) is 7.12. The number of nitrogens with one attached hydrogen (secondary N) is 1. The maximum Gasteiger partial charge on any atom is 0.151 e. The van der Waals surface area contributed by atoms with Gasteiger partial charge in [0.25, 0.3) is 0 Å². The van der Waals surface area contributed by atoms with Crippen molar-refractivity contribution in [1.82, 2.24) is 5.32 Å². The lowest BCUT2D eigenvalue weighted by molar-refractivity contribution is 0.0912. The summed E-state index contributed by atoms with van der Waals surface area (Å²) in [7, 11) is -2.89. The normalized spacial score (nSPS) is 30.5. The molecule has 1 fully saturated rings. The summed E-state index contributed by atoms with van der Waals surface area (Å²) in [6, 6.07) is 8.04. The Kier molecular flexibility index (Phi) is 3.29. The highest BCUT2D eigenvalue weighted by molar-refractivity contribution is 7.91. The molecule has 1 N–H and O–H groups in total. The molecule has 5 heteroatoms. The van der Waals surface area contributed by atoms with E-state index in [1.54, 1.807) is 0 Å². The number of fused-ring (bicyclic) bond motifs is 1. The lowest BCUT2D eigenvalue weighted by Crippen LogP contribution is -2.47. The Morgan fingerprint density at radius 2 is 2.05 bits per heavy atom. The number of sulfone groups is 1. The Bertz CT molecular complexity index is 609. The maximum atomic E-state index is 11.8. The second-order valence-electron chi connectivity index (χ2n) is 6.30. The summed E-state index contributed by atoms with van der Waals surface area (Å²) >= 11 is 0. The Balaban J connectivity index is 1.83. The van der Waals surface area contributed by atoms with E-state index in [0.29, 0.717) is 5.75 Å². The van der Waals surface area contributed by atoms with Gasteiger partial charge in [-0.3, -0.25) is 0 Å². The van der Waals surface area contributed by atoms with Crippen LogP contribution in [0.15, 0.2) is 24.3 Å². The van der Waals surface area contributed by atoms with Crippen LogP contribution in [0.25, 0.3) is 0 Å². The fourth-order valence-corrected chi connectivity index (χ4v) is 4.86. The van der Waals surface area contributed by atoms with E-state index in [2.05, 4.69) is 11.4 Å². The lowest BCUT2D eigenvalue weighted by Gasteiger charge is -2.32. The molecule has 2 aliphatic rings. The van der Waals surface area contributed by atoms with E-state index in [0.717, 1.165) is 24.2 Å². The van der Waals surface area contributed by atoms with Gasteiger partial charge in [0, 0.05) is 11.6 Å². The molecule has 3 rings (SSSR count). The smallest absolute Gasteiger partial charge is 0.151 e. The largest absolute Gasteiger partial charge is 0.486 e. The SMILES string of the molecule is CC1(C)Oc2ccccc2C1NC1CCCS(=O)(=O)C1. The number of ether oxygens (including phenoxy) is 1. The highest BCUT2D eigenvalue weighted by Gasteiger charge is 2.42. The number of benzene rings is 1. The molecule has 0 bridgehead atoms. The van der Waals surface area contributed by atoms with Crippen LogP contribution in [0.5, 0.6) is 5.75 Å². The van der Waals surface area contributed by atoms with Gasteiger partial charge in [-0.25, -0.2) is 8.42 Å².